The maximum absolute atomic E-state index is 12.4. The Morgan fingerprint density at radius 2 is 1.88 bits per heavy atom. The molecule has 7 heteroatoms. The number of hydrogen-bond donors (Lipinski definition) is 1. The number of sulfonamides is 1. The highest BCUT2D eigenvalue weighted by atomic mass is 32.2. The van der Waals surface area contributed by atoms with E-state index in [1.54, 1.807) is 36.7 Å². The third kappa shape index (κ3) is 3.73. The summed E-state index contributed by atoms with van der Waals surface area (Å²) in [6, 6.07) is 5.08. The topological polar surface area (TPSA) is 81.1 Å². The molecule has 1 aromatic heterocycles. The second-order valence-corrected chi connectivity index (χ2v) is 7.43. The number of benzene rings is 1. The molecular formula is C17H21N3O3S. The minimum atomic E-state index is -3.90. The summed E-state index contributed by atoms with van der Waals surface area (Å²) in [6.07, 6.45) is 2.78. The summed E-state index contributed by atoms with van der Waals surface area (Å²) in [4.78, 5) is 12.1. The molecule has 0 atom stereocenters. The van der Waals surface area contributed by atoms with Crippen LogP contribution >= 0.6 is 0 Å². The van der Waals surface area contributed by atoms with Crippen LogP contribution in [0.1, 0.15) is 28.1 Å². The molecule has 1 N–H and O–H groups in total. The highest BCUT2D eigenvalue weighted by molar-refractivity contribution is 7.90. The van der Waals surface area contributed by atoms with E-state index in [9.17, 15) is 13.2 Å². The Balaban J connectivity index is 2.22. The first-order valence-corrected chi connectivity index (χ1v) is 8.92. The predicted molar refractivity (Wildman–Crippen MR) is 93.0 cm³/mol. The number of aromatic nitrogens is 2. The fourth-order valence-electron chi connectivity index (χ4n) is 2.41. The second kappa shape index (κ2) is 6.60. The molecule has 0 saturated heterocycles. The molecule has 0 fully saturated rings. The highest BCUT2D eigenvalue weighted by Crippen LogP contribution is 2.17. The standard InChI is InChI=1S/C17H21N3O3S/c1-11-6-7-12(2)16(10-11)24(22,23)19-17(21)9-8-15-13(3)18-20(5)14(15)4/h6-10H,1-5H3,(H,19,21)/b9-8-. The molecule has 0 spiro atoms. The van der Waals surface area contributed by atoms with Gasteiger partial charge < -0.3 is 0 Å². The Morgan fingerprint density at radius 3 is 2.46 bits per heavy atom. The maximum atomic E-state index is 12.4. The van der Waals surface area contributed by atoms with Crippen LogP contribution in [-0.4, -0.2) is 24.1 Å². The lowest BCUT2D eigenvalue weighted by molar-refractivity contribution is -0.114. The van der Waals surface area contributed by atoms with Crippen molar-refractivity contribution in [2.24, 2.45) is 7.05 Å². The van der Waals surface area contributed by atoms with Crippen LogP contribution < -0.4 is 4.72 Å². The molecule has 1 amide bonds. The van der Waals surface area contributed by atoms with Gasteiger partial charge in [-0.25, -0.2) is 13.1 Å². The van der Waals surface area contributed by atoms with Gasteiger partial charge in [0, 0.05) is 24.4 Å². The maximum Gasteiger partial charge on any atom is 0.264 e. The monoisotopic (exact) mass is 347 g/mol. The molecule has 2 rings (SSSR count). The van der Waals surface area contributed by atoms with Crippen molar-refractivity contribution in [2.75, 3.05) is 0 Å². The quantitative estimate of drug-likeness (QED) is 0.860. The number of hydrogen-bond acceptors (Lipinski definition) is 4. The third-order valence-corrected chi connectivity index (χ3v) is 5.32. The molecule has 0 aliphatic carbocycles. The first kappa shape index (κ1) is 17.9. The van der Waals surface area contributed by atoms with Crippen LogP contribution in [0.25, 0.3) is 6.08 Å². The van der Waals surface area contributed by atoms with E-state index in [1.807, 2.05) is 27.0 Å². The molecule has 0 aliphatic rings. The van der Waals surface area contributed by atoms with Crippen molar-refractivity contribution < 1.29 is 13.2 Å². The van der Waals surface area contributed by atoms with Crippen molar-refractivity contribution in [1.82, 2.24) is 14.5 Å². The minimum Gasteiger partial charge on any atom is -0.272 e. The first-order valence-electron chi connectivity index (χ1n) is 7.44. The molecule has 6 nitrogen and oxygen atoms in total. The molecule has 0 unspecified atom stereocenters. The highest BCUT2D eigenvalue weighted by Gasteiger charge is 2.19. The lowest BCUT2D eigenvalue weighted by Gasteiger charge is -2.08. The SMILES string of the molecule is Cc1ccc(C)c(S(=O)(=O)NC(=O)/C=C\c2c(C)nn(C)c2C)c1. The molecule has 0 radical (unpaired) electrons. The number of aryl methyl sites for hydroxylation is 4. The van der Waals surface area contributed by atoms with E-state index in [1.165, 1.54) is 6.08 Å². The average Bonchev–Trinajstić information content (AvgIpc) is 2.72. The Hall–Kier alpha value is -2.41. The smallest absolute Gasteiger partial charge is 0.264 e. The van der Waals surface area contributed by atoms with Gasteiger partial charge in [-0.1, -0.05) is 12.1 Å². The third-order valence-electron chi connectivity index (χ3n) is 3.83. The Labute approximate surface area is 142 Å². The number of rotatable bonds is 4. The molecule has 24 heavy (non-hydrogen) atoms. The number of carbonyl (C=O) groups excluding carboxylic acids is 1. The Morgan fingerprint density at radius 1 is 1.21 bits per heavy atom. The number of nitrogens with zero attached hydrogens (tertiary/aromatic N) is 2. The van der Waals surface area contributed by atoms with Gasteiger partial charge in [-0.2, -0.15) is 5.10 Å². The van der Waals surface area contributed by atoms with Crippen LogP contribution in [0.2, 0.25) is 0 Å². The van der Waals surface area contributed by atoms with Crippen molar-refractivity contribution in [3.05, 3.63) is 52.4 Å². The van der Waals surface area contributed by atoms with Gasteiger partial charge in [0.05, 0.1) is 10.6 Å². The van der Waals surface area contributed by atoms with Crippen molar-refractivity contribution in [3.63, 3.8) is 0 Å². The van der Waals surface area contributed by atoms with E-state index in [0.29, 0.717) is 5.56 Å². The predicted octanol–water partition coefficient (Wildman–Crippen LogP) is 2.17. The van der Waals surface area contributed by atoms with Gasteiger partial charge in [-0.05, 0) is 51.0 Å². The molecule has 0 bridgehead atoms. The van der Waals surface area contributed by atoms with Crippen molar-refractivity contribution >= 4 is 22.0 Å². The lowest BCUT2D eigenvalue weighted by Crippen LogP contribution is -2.29. The van der Waals surface area contributed by atoms with Crippen LogP contribution in [-0.2, 0) is 21.9 Å². The van der Waals surface area contributed by atoms with Gasteiger partial charge in [-0.15, -0.1) is 0 Å². The fraction of sp³-hybridized carbons (Fsp3) is 0.294. The zero-order chi connectivity index (χ0) is 18.1. The van der Waals surface area contributed by atoms with E-state index >= 15 is 0 Å². The van der Waals surface area contributed by atoms with E-state index in [4.69, 9.17) is 0 Å². The molecule has 1 heterocycles. The normalized spacial score (nSPS) is 11.9. The first-order chi connectivity index (χ1) is 11.1. The number of amides is 1. The van der Waals surface area contributed by atoms with Crippen LogP contribution in [0, 0.1) is 27.7 Å². The summed E-state index contributed by atoms with van der Waals surface area (Å²) >= 11 is 0. The van der Waals surface area contributed by atoms with E-state index in [2.05, 4.69) is 9.82 Å². The van der Waals surface area contributed by atoms with Gasteiger partial charge in [0.1, 0.15) is 0 Å². The minimum absolute atomic E-state index is 0.109. The zero-order valence-electron chi connectivity index (χ0n) is 14.4. The van der Waals surface area contributed by atoms with Gasteiger partial charge in [0.25, 0.3) is 15.9 Å². The summed E-state index contributed by atoms with van der Waals surface area (Å²) in [7, 11) is -2.09. The van der Waals surface area contributed by atoms with Gasteiger partial charge >= 0.3 is 0 Å². The van der Waals surface area contributed by atoms with E-state index < -0.39 is 15.9 Å². The molecule has 0 saturated carbocycles. The fourth-order valence-corrected chi connectivity index (χ4v) is 3.68. The molecule has 2 aromatic rings. The molecular weight excluding hydrogens is 326 g/mol. The van der Waals surface area contributed by atoms with Crippen LogP contribution in [0.5, 0.6) is 0 Å². The summed E-state index contributed by atoms with van der Waals surface area (Å²) in [5.41, 5.74) is 3.87. The second-order valence-electron chi connectivity index (χ2n) is 5.78. The van der Waals surface area contributed by atoms with Gasteiger partial charge in [0.2, 0.25) is 0 Å². The summed E-state index contributed by atoms with van der Waals surface area (Å²) < 4.78 is 28.5. The summed E-state index contributed by atoms with van der Waals surface area (Å²) in [5, 5.41) is 4.25. The average molecular weight is 347 g/mol. The van der Waals surface area contributed by atoms with Crippen LogP contribution in [0.4, 0.5) is 0 Å². The Kier molecular flexibility index (Phi) is 4.94. The lowest BCUT2D eigenvalue weighted by atomic mass is 10.2. The summed E-state index contributed by atoms with van der Waals surface area (Å²) in [5.74, 6) is -0.696. The van der Waals surface area contributed by atoms with E-state index in [-0.39, 0.29) is 4.90 Å². The van der Waals surface area contributed by atoms with Gasteiger partial charge in [0.15, 0.2) is 0 Å². The van der Waals surface area contributed by atoms with Crippen LogP contribution in [0.3, 0.4) is 0 Å². The summed E-state index contributed by atoms with van der Waals surface area (Å²) in [6.45, 7) is 7.20. The van der Waals surface area contributed by atoms with Crippen molar-refractivity contribution in [1.29, 1.82) is 0 Å². The van der Waals surface area contributed by atoms with E-state index in [0.717, 1.165) is 22.5 Å². The largest absolute Gasteiger partial charge is 0.272 e. The molecule has 0 aliphatic heterocycles. The van der Waals surface area contributed by atoms with Crippen LogP contribution in [0.15, 0.2) is 29.2 Å². The molecule has 1 aromatic carbocycles. The zero-order valence-corrected chi connectivity index (χ0v) is 15.2. The Bertz CT molecular complexity index is 925. The van der Waals surface area contributed by atoms with Crippen molar-refractivity contribution in [3.8, 4) is 0 Å². The number of carbonyl (C=O) groups is 1. The van der Waals surface area contributed by atoms with Crippen molar-refractivity contribution in [2.45, 2.75) is 32.6 Å². The van der Waals surface area contributed by atoms with Gasteiger partial charge in [-0.3, -0.25) is 9.48 Å². The molecule has 128 valence electrons. The number of nitrogens with one attached hydrogen (secondary N) is 1.